The van der Waals surface area contributed by atoms with Crippen LogP contribution in [0.2, 0.25) is 0 Å². The predicted molar refractivity (Wildman–Crippen MR) is 150 cm³/mol. The largest absolute Gasteiger partial charge is 0.377 e. The Hall–Kier alpha value is -2.88. The maximum Gasteiger partial charge on any atom is 0.253 e. The number of nitrogens with one attached hydrogen (secondary N) is 1. The molecule has 1 aliphatic carbocycles. The van der Waals surface area contributed by atoms with Gasteiger partial charge in [0, 0.05) is 41.0 Å². The van der Waals surface area contributed by atoms with Gasteiger partial charge in [0.15, 0.2) is 5.82 Å². The summed E-state index contributed by atoms with van der Waals surface area (Å²) in [5.74, 6) is 0.751. The van der Waals surface area contributed by atoms with E-state index in [9.17, 15) is 4.79 Å². The lowest BCUT2D eigenvalue weighted by Gasteiger charge is -2.33. The zero-order valence-electron chi connectivity index (χ0n) is 22.2. The second kappa shape index (κ2) is 11.1. The second-order valence-corrected chi connectivity index (χ2v) is 11.9. The molecule has 6 rings (SSSR count). The quantitative estimate of drug-likeness (QED) is 0.324. The lowest BCUT2D eigenvalue weighted by atomic mass is 9.94. The summed E-state index contributed by atoms with van der Waals surface area (Å²) in [4.78, 5) is 20.6. The van der Waals surface area contributed by atoms with E-state index < -0.39 is 6.04 Å². The van der Waals surface area contributed by atoms with E-state index >= 15 is 0 Å². The van der Waals surface area contributed by atoms with Gasteiger partial charge in [-0.15, -0.1) is 16.4 Å². The highest BCUT2D eigenvalue weighted by Gasteiger charge is 2.35. The number of H-pyrrole nitrogens is 1. The molecule has 1 N–H and O–H groups in total. The number of hydrogen-bond donors (Lipinski definition) is 1. The molecule has 2 aliphatic rings. The molecule has 200 valence electrons. The van der Waals surface area contributed by atoms with Crippen LogP contribution in [0.4, 0.5) is 0 Å². The molecule has 0 amide bonds. The van der Waals surface area contributed by atoms with Crippen molar-refractivity contribution >= 4 is 22.2 Å². The third kappa shape index (κ3) is 5.19. The highest BCUT2D eigenvalue weighted by atomic mass is 32.1. The van der Waals surface area contributed by atoms with Gasteiger partial charge in [0.2, 0.25) is 0 Å². The maximum atomic E-state index is 13.8. The Kier molecular flexibility index (Phi) is 7.41. The first-order chi connectivity index (χ1) is 18.6. The average Bonchev–Trinajstić information content (AvgIpc) is 3.69. The fourth-order valence-corrected chi connectivity index (χ4v) is 7.00. The minimum Gasteiger partial charge on any atom is -0.377 e. The van der Waals surface area contributed by atoms with Crippen LogP contribution in [0.1, 0.15) is 84.4 Å². The summed E-state index contributed by atoms with van der Waals surface area (Å²) >= 11 is 1.74. The standard InChI is InChI=1S/C29H36N6O2S/c1-19-14-20(2)24-16-25(29(36)30-26(24)15-19)27(28-31-32-33-35(28)21-8-4-3-5-9-21)34(17-22-10-6-12-37-22)18-23-11-7-13-38-23/h7,11,13-16,21-22,27H,3-6,8-10,12,17-18H2,1-2H3,(H,30,36)/t22-,27-/m1/s1. The monoisotopic (exact) mass is 532 g/mol. The van der Waals surface area contributed by atoms with E-state index in [1.807, 2.05) is 10.7 Å². The summed E-state index contributed by atoms with van der Waals surface area (Å²) in [6.45, 7) is 6.37. The van der Waals surface area contributed by atoms with Gasteiger partial charge >= 0.3 is 0 Å². The van der Waals surface area contributed by atoms with E-state index in [2.05, 4.69) is 68.9 Å². The SMILES string of the molecule is Cc1cc(C)c2cc([C@H](c3nnnn3C3CCCCC3)N(Cc3cccs3)C[C@H]3CCCO3)c(=O)[nH]c2c1. The Morgan fingerprint density at radius 2 is 2.03 bits per heavy atom. The van der Waals surface area contributed by atoms with E-state index in [-0.39, 0.29) is 17.7 Å². The zero-order valence-corrected chi connectivity index (χ0v) is 23.0. The number of rotatable bonds is 8. The number of aromatic amines is 1. The van der Waals surface area contributed by atoms with Gasteiger partial charge in [-0.1, -0.05) is 31.4 Å². The number of aromatic nitrogens is 5. The Labute approximate surface area is 227 Å². The molecule has 0 spiro atoms. The summed E-state index contributed by atoms with van der Waals surface area (Å²) in [7, 11) is 0. The van der Waals surface area contributed by atoms with Crippen LogP contribution in [-0.4, -0.2) is 49.3 Å². The van der Waals surface area contributed by atoms with Gasteiger partial charge in [0.25, 0.3) is 5.56 Å². The summed E-state index contributed by atoms with van der Waals surface area (Å²) in [6.07, 6.45) is 7.95. The lowest BCUT2D eigenvalue weighted by molar-refractivity contribution is 0.0571. The van der Waals surface area contributed by atoms with Gasteiger partial charge in [-0.05, 0) is 84.7 Å². The molecule has 1 aliphatic heterocycles. The molecule has 38 heavy (non-hydrogen) atoms. The number of fused-ring (bicyclic) bond motifs is 1. The third-order valence-corrected chi connectivity index (χ3v) is 8.95. The number of tetrazole rings is 1. The van der Waals surface area contributed by atoms with Crippen LogP contribution < -0.4 is 5.56 Å². The van der Waals surface area contributed by atoms with Crippen molar-refractivity contribution in [3.05, 3.63) is 73.5 Å². The van der Waals surface area contributed by atoms with Crippen molar-refractivity contribution < 1.29 is 4.74 Å². The minimum atomic E-state index is -0.396. The first kappa shape index (κ1) is 25.4. The minimum absolute atomic E-state index is 0.0887. The Bertz CT molecular complexity index is 1430. The number of benzene rings is 1. The molecule has 2 atom stereocenters. The molecule has 3 aromatic heterocycles. The van der Waals surface area contributed by atoms with Gasteiger partial charge in [-0.3, -0.25) is 9.69 Å². The van der Waals surface area contributed by atoms with Crippen molar-refractivity contribution in [2.45, 2.75) is 83.5 Å². The Balaban J connectivity index is 1.51. The number of ether oxygens (including phenoxy) is 1. The number of aryl methyl sites for hydroxylation is 2. The number of nitrogens with zero attached hydrogens (tertiary/aromatic N) is 5. The molecule has 8 nitrogen and oxygen atoms in total. The van der Waals surface area contributed by atoms with Gasteiger partial charge in [0.05, 0.1) is 12.1 Å². The van der Waals surface area contributed by atoms with Gasteiger partial charge in [0.1, 0.15) is 6.04 Å². The highest BCUT2D eigenvalue weighted by Crippen LogP contribution is 2.35. The van der Waals surface area contributed by atoms with Crippen molar-refractivity contribution in [1.29, 1.82) is 0 Å². The number of hydrogen-bond acceptors (Lipinski definition) is 7. The predicted octanol–water partition coefficient (Wildman–Crippen LogP) is 5.47. The fourth-order valence-electron chi connectivity index (χ4n) is 6.27. The number of thiophene rings is 1. The van der Waals surface area contributed by atoms with Crippen molar-refractivity contribution in [1.82, 2.24) is 30.1 Å². The molecule has 1 saturated carbocycles. The van der Waals surface area contributed by atoms with Gasteiger partial charge < -0.3 is 9.72 Å². The van der Waals surface area contributed by atoms with E-state index in [1.54, 1.807) is 11.3 Å². The van der Waals surface area contributed by atoms with Crippen molar-refractivity contribution in [2.75, 3.05) is 13.2 Å². The molecule has 9 heteroatoms. The molecular weight excluding hydrogens is 496 g/mol. The average molecular weight is 533 g/mol. The van der Waals surface area contributed by atoms with Crippen LogP contribution in [0.15, 0.2) is 40.5 Å². The van der Waals surface area contributed by atoms with Crippen molar-refractivity contribution in [2.24, 2.45) is 0 Å². The Morgan fingerprint density at radius 1 is 1.16 bits per heavy atom. The second-order valence-electron chi connectivity index (χ2n) is 10.9. The Morgan fingerprint density at radius 3 is 2.79 bits per heavy atom. The molecular formula is C29H36N6O2S. The summed E-state index contributed by atoms with van der Waals surface area (Å²) in [6, 6.07) is 10.4. The number of pyridine rings is 1. The lowest BCUT2D eigenvalue weighted by Crippen LogP contribution is -2.39. The van der Waals surface area contributed by atoms with E-state index in [1.165, 1.54) is 24.1 Å². The first-order valence-electron chi connectivity index (χ1n) is 13.9. The molecule has 1 saturated heterocycles. The summed E-state index contributed by atoms with van der Waals surface area (Å²) in [5.41, 5.74) is 3.74. The van der Waals surface area contributed by atoms with Crippen LogP contribution in [0.25, 0.3) is 10.9 Å². The molecule has 4 heterocycles. The van der Waals surface area contributed by atoms with Crippen LogP contribution in [0, 0.1) is 13.8 Å². The third-order valence-electron chi connectivity index (χ3n) is 8.09. The molecule has 0 unspecified atom stereocenters. The van der Waals surface area contributed by atoms with Crippen LogP contribution in [0.5, 0.6) is 0 Å². The molecule has 4 aromatic rings. The van der Waals surface area contributed by atoms with Gasteiger partial charge in [-0.25, -0.2) is 4.68 Å². The van der Waals surface area contributed by atoms with E-state index in [4.69, 9.17) is 4.74 Å². The van der Waals surface area contributed by atoms with Crippen LogP contribution in [0.3, 0.4) is 0 Å². The van der Waals surface area contributed by atoms with Crippen molar-refractivity contribution in [3.8, 4) is 0 Å². The molecule has 2 fully saturated rings. The smallest absolute Gasteiger partial charge is 0.253 e. The van der Waals surface area contributed by atoms with Crippen molar-refractivity contribution in [3.63, 3.8) is 0 Å². The maximum absolute atomic E-state index is 13.8. The molecule has 0 radical (unpaired) electrons. The van der Waals surface area contributed by atoms with Crippen LogP contribution >= 0.6 is 11.3 Å². The van der Waals surface area contributed by atoms with E-state index in [0.717, 1.165) is 60.1 Å². The topological polar surface area (TPSA) is 88.9 Å². The first-order valence-corrected chi connectivity index (χ1v) is 14.7. The molecule has 1 aromatic carbocycles. The summed E-state index contributed by atoms with van der Waals surface area (Å²) < 4.78 is 8.12. The van der Waals surface area contributed by atoms with E-state index in [0.29, 0.717) is 18.7 Å². The van der Waals surface area contributed by atoms with Crippen LogP contribution in [-0.2, 0) is 11.3 Å². The normalized spacial score (nSPS) is 19.5. The van der Waals surface area contributed by atoms with Gasteiger partial charge in [-0.2, -0.15) is 0 Å². The highest BCUT2D eigenvalue weighted by molar-refractivity contribution is 7.09. The zero-order chi connectivity index (χ0) is 26.1. The summed E-state index contributed by atoms with van der Waals surface area (Å²) in [5, 5.41) is 16.5. The fraction of sp³-hybridized carbons (Fsp3) is 0.517. The molecule has 0 bridgehead atoms.